The Kier molecular flexibility index (Phi) is 8.68. The Morgan fingerprint density at radius 1 is 1.12 bits per heavy atom. The van der Waals surface area contributed by atoms with Gasteiger partial charge in [0.05, 0.1) is 18.0 Å². The maximum absolute atomic E-state index is 12.9. The number of likely N-dealkylation sites (tertiary alicyclic amines) is 1. The molecule has 2 N–H and O–H groups in total. The fraction of sp³-hybridized carbons (Fsp3) is 0.333. The van der Waals surface area contributed by atoms with Crippen LogP contribution in [0.25, 0.3) is 22.3 Å². The molecule has 2 aromatic heterocycles. The Labute approximate surface area is 234 Å². The van der Waals surface area contributed by atoms with E-state index in [9.17, 15) is 4.79 Å². The highest BCUT2D eigenvalue weighted by atomic mass is 16.5. The minimum absolute atomic E-state index is 0.00474. The van der Waals surface area contributed by atoms with Crippen molar-refractivity contribution in [2.24, 2.45) is 0 Å². The molecule has 0 saturated carbocycles. The van der Waals surface area contributed by atoms with E-state index in [1.54, 1.807) is 13.2 Å². The second kappa shape index (κ2) is 12.7. The van der Waals surface area contributed by atoms with Crippen molar-refractivity contribution in [3.8, 4) is 22.8 Å². The summed E-state index contributed by atoms with van der Waals surface area (Å²) < 4.78 is 13.0. The summed E-state index contributed by atoms with van der Waals surface area (Å²) >= 11 is 0. The first-order valence-electron chi connectivity index (χ1n) is 13.6. The van der Waals surface area contributed by atoms with Crippen LogP contribution in [0.2, 0.25) is 0 Å². The molecule has 1 aliphatic rings. The highest BCUT2D eigenvalue weighted by molar-refractivity contribution is 5.98. The molecule has 0 unspecified atom stereocenters. The molecule has 4 aromatic rings. The number of carbonyl (C=O) groups is 1. The van der Waals surface area contributed by atoms with Crippen LogP contribution in [-0.4, -0.2) is 81.9 Å². The third-order valence-electron chi connectivity index (χ3n) is 7.13. The van der Waals surface area contributed by atoms with E-state index in [0.717, 1.165) is 36.6 Å². The first-order chi connectivity index (χ1) is 19.6. The lowest BCUT2D eigenvalue weighted by Gasteiger charge is -2.18. The molecule has 3 heterocycles. The van der Waals surface area contributed by atoms with Gasteiger partial charge < -0.3 is 20.1 Å². The number of nitrogen functional groups attached to an aromatic ring is 1. The van der Waals surface area contributed by atoms with E-state index in [1.807, 2.05) is 70.3 Å². The molecule has 5 rings (SSSR count). The van der Waals surface area contributed by atoms with Crippen LogP contribution in [0.3, 0.4) is 0 Å². The van der Waals surface area contributed by atoms with Crippen LogP contribution in [0.15, 0.2) is 73.1 Å². The molecular formula is C30H35N7O3. The quantitative estimate of drug-likeness (QED) is 0.282. The molecule has 40 heavy (non-hydrogen) atoms. The maximum atomic E-state index is 12.9. The number of rotatable bonds is 11. The van der Waals surface area contributed by atoms with Gasteiger partial charge in [-0.05, 0) is 49.4 Å². The van der Waals surface area contributed by atoms with E-state index in [0.29, 0.717) is 48.8 Å². The first kappa shape index (κ1) is 27.3. The van der Waals surface area contributed by atoms with Crippen LogP contribution < -0.4 is 10.5 Å². The van der Waals surface area contributed by atoms with E-state index in [2.05, 4.69) is 21.8 Å². The summed E-state index contributed by atoms with van der Waals surface area (Å²) in [4.78, 5) is 25.8. The molecule has 1 amide bonds. The van der Waals surface area contributed by atoms with E-state index < -0.39 is 0 Å². The zero-order valence-corrected chi connectivity index (χ0v) is 22.9. The van der Waals surface area contributed by atoms with Crippen LogP contribution in [-0.2, 0) is 9.53 Å². The molecule has 1 atom stereocenters. The van der Waals surface area contributed by atoms with Crippen LogP contribution >= 0.6 is 0 Å². The summed E-state index contributed by atoms with van der Waals surface area (Å²) in [5.41, 5.74) is 8.58. The normalized spacial score (nSPS) is 15.5. The lowest BCUT2D eigenvalue weighted by Crippen LogP contribution is -2.29. The number of anilines is 1. The van der Waals surface area contributed by atoms with Crippen molar-refractivity contribution in [3.63, 3.8) is 0 Å². The Bertz CT molecular complexity index is 1450. The number of likely N-dealkylation sites (N-methyl/N-ethyl adjacent to an activating group) is 1. The van der Waals surface area contributed by atoms with Gasteiger partial charge in [0.15, 0.2) is 5.65 Å². The number of aromatic nitrogens is 4. The summed E-state index contributed by atoms with van der Waals surface area (Å²) in [6, 6.07) is 17.4. The smallest absolute Gasteiger partial charge is 0.246 e. The average Bonchev–Trinajstić information content (AvgIpc) is 3.62. The van der Waals surface area contributed by atoms with E-state index in [-0.39, 0.29) is 11.9 Å². The second-order valence-electron chi connectivity index (χ2n) is 9.71. The van der Waals surface area contributed by atoms with E-state index >= 15 is 0 Å². The molecule has 10 heteroatoms. The van der Waals surface area contributed by atoms with Gasteiger partial charge in [0.1, 0.15) is 29.3 Å². The predicted octanol–water partition coefficient (Wildman–Crippen LogP) is 4.17. The number of ether oxygens (including phenoxy) is 2. The molecule has 2 aromatic carbocycles. The van der Waals surface area contributed by atoms with E-state index in [1.165, 1.54) is 6.33 Å². The zero-order chi connectivity index (χ0) is 27.9. The SMILES string of the molecule is CCN(CC=CC(=O)N1CC[C@@H](n2nc(-c3ccc(Oc4ccccc4)cc3)c3c(N)ncnc32)C1)CCOC. The molecule has 1 fully saturated rings. The molecule has 0 bridgehead atoms. The van der Waals surface area contributed by atoms with Crippen LogP contribution in [0.1, 0.15) is 19.4 Å². The number of carbonyl (C=O) groups excluding carboxylic acids is 1. The van der Waals surface area contributed by atoms with Gasteiger partial charge in [-0.2, -0.15) is 5.10 Å². The Morgan fingerprint density at radius 2 is 1.90 bits per heavy atom. The number of nitrogens with two attached hydrogens (primary N) is 1. The van der Waals surface area contributed by atoms with Crippen molar-refractivity contribution >= 4 is 22.8 Å². The highest BCUT2D eigenvalue weighted by Crippen LogP contribution is 2.35. The molecular weight excluding hydrogens is 506 g/mol. The summed E-state index contributed by atoms with van der Waals surface area (Å²) in [7, 11) is 1.70. The Morgan fingerprint density at radius 3 is 2.65 bits per heavy atom. The van der Waals surface area contributed by atoms with Crippen molar-refractivity contribution in [1.29, 1.82) is 0 Å². The second-order valence-corrected chi connectivity index (χ2v) is 9.71. The molecule has 10 nitrogen and oxygen atoms in total. The summed E-state index contributed by atoms with van der Waals surface area (Å²) in [5.74, 6) is 1.87. The fourth-order valence-electron chi connectivity index (χ4n) is 4.91. The molecule has 1 aliphatic heterocycles. The Hall–Kier alpha value is -4.28. The van der Waals surface area contributed by atoms with Gasteiger partial charge in [0.2, 0.25) is 5.91 Å². The predicted molar refractivity (Wildman–Crippen MR) is 155 cm³/mol. The van der Waals surface area contributed by atoms with Gasteiger partial charge in [-0.1, -0.05) is 31.2 Å². The van der Waals surface area contributed by atoms with Crippen molar-refractivity contribution in [3.05, 3.63) is 73.1 Å². The number of hydrogen-bond acceptors (Lipinski definition) is 8. The first-order valence-corrected chi connectivity index (χ1v) is 13.6. The molecule has 0 radical (unpaired) electrons. The van der Waals surface area contributed by atoms with Gasteiger partial charge in [-0.25, -0.2) is 14.6 Å². The van der Waals surface area contributed by atoms with E-state index in [4.69, 9.17) is 20.3 Å². The monoisotopic (exact) mass is 541 g/mol. The zero-order valence-electron chi connectivity index (χ0n) is 22.9. The number of nitrogens with zero attached hydrogens (tertiary/aromatic N) is 6. The van der Waals surface area contributed by atoms with Gasteiger partial charge in [-0.3, -0.25) is 9.69 Å². The summed E-state index contributed by atoms with van der Waals surface area (Å²) in [6.45, 7) is 6.41. The molecule has 0 aliphatic carbocycles. The fourth-order valence-corrected chi connectivity index (χ4v) is 4.91. The van der Waals surface area contributed by atoms with Gasteiger partial charge in [0, 0.05) is 44.9 Å². The van der Waals surface area contributed by atoms with Crippen LogP contribution in [0, 0.1) is 0 Å². The minimum atomic E-state index is -0.0163. The summed E-state index contributed by atoms with van der Waals surface area (Å²) in [6.07, 6.45) is 5.83. The van der Waals surface area contributed by atoms with Crippen molar-refractivity contribution in [2.45, 2.75) is 19.4 Å². The number of para-hydroxylation sites is 1. The largest absolute Gasteiger partial charge is 0.457 e. The van der Waals surface area contributed by atoms with Crippen LogP contribution in [0.4, 0.5) is 5.82 Å². The number of hydrogen-bond donors (Lipinski definition) is 1. The van der Waals surface area contributed by atoms with Gasteiger partial charge >= 0.3 is 0 Å². The Balaban J connectivity index is 1.32. The number of amides is 1. The third kappa shape index (κ3) is 6.13. The summed E-state index contributed by atoms with van der Waals surface area (Å²) in [5, 5.41) is 5.66. The molecule has 208 valence electrons. The third-order valence-corrected chi connectivity index (χ3v) is 7.13. The number of methoxy groups -OCH3 is 1. The lowest BCUT2D eigenvalue weighted by molar-refractivity contribution is -0.125. The lowest BCUT2D eigenvalue weighted by atomic mass is 10.1. The van der Waals surface area contributed by atoms with Gasteiger partial charge in [0.25, 0.3) is 0 Å². The van der Waals surface area contributed by atoms with Crippen molar-refractivity contribution in [2.75, 3.05) is 52.2 Å². The molecule has 1 saturated heterocycles. The number of fused-ring (bicyclic) bond motifs is 1. The molecule has 0 spiro atoms. The minimum Gasteiger partial charge on any atom is -0.457 e. The van der Waals surface area contributed by atoms with Crippen LogP contribution in [0.5, 0.6) is 11.5 Å². The standard InChI is InChI=1S/C30H35N7O3/c1-3-35(18-19-39-2)16-7-10-26(38)36-17-15-23(20-36)37-30-27(29(31)32-21-33-30)28(34-37)22-11-13-25(14-12-22)40-24-8-5-4-6-9-24/h4-14,21,23H,3,15-20H2,1-2H3,(H2,31,32,33)/t23-/m1/s1. The maximum Gasteiger partial charge on any atom is 0.246 e. The van der Waals surface area contributed by atoms with Crippen molar-refractivity contribution in [1.82, 2.24) is 29.5 Å². The average molecular weight is 542 g/mol. The van der Waals surface area contributed by atoms with Gasteiger partial charge in [-0.15, -0.1) is 0 Å². The highest BCUT2D eigenvalue weighted by Gasteiger charge is 2.30. The topological polar surface area (TPSA) is 112 Å². The van der Waals surface area contributed by atoms with Crippen molar-refractivity contribution < 1.29 is 14.3 Å². The number of benzene rings is 2.